The van der Waals surface area contributed by atoms with Gasteiger partial charge < -0.3 is 5.73 Å². The lowest BCUT2D eigenvalue weighted by molar-refractivity contribution is 0.557. The van der Waals surface area contributed by atoms with Crippen molar-refractivity contribution in [3.63, 3.8) is 0 Å². The van der Waals surface area contributed by atoms with Crippen LogP contribution in [0, 0.1) is 0 Å². The fraction of sp³-hybridized carbons (Fsp3) is 0.250. The number of sulfonamides is 1. The average Bonchev–Trinajstić information content (AvgIpc) is 2.81. The lowest BCUT2D eigenvalue weighted by Crippen LogP contribution is -2.34. The number of pyridine rings is 1. The molecule has 2 rings (SSSR count). The molecule has 102 valence electrons. The van der Waals surface area contributed by atoms with Crippen molar-refractivity contribution in [2.75, 3.05) is 5.73 Å². The Morgan fingerprint density at radius 1 is 1.42 bits per heavy atom. The third-order valence-corrected chi connectivity index (χ3v) is 4.96. The molecule has 0 fully saturated rings. The Morgan fingerprint density at radius 3 is 2.84 bits per heavy atom. The maximum absolute atomic E-state index is 12.1. The van der Waals surface area contributed by atoms with Gasteiger partial charge in [0.25, 0.3) is 10.0 Å². The normalized spacial score (nSPS) is 13.3. The topological polar surface area (TPSA) is 85.1 Å². The molecule has 0 aromatic carbocycles. The maximum atomic E-state index is 12.1. The van der Waals surface area contributed by atoms with Gasteiger partial charge in [-0.25, -0.2) is 18.1 Å². The van der Waals surface area contributed by atoms with Gasteiger partial charge >= 0.3 is 0 Å². The van der Waals surface area contributed by atoms with Crippen LogP contribution in [0.3, 0.4) is 0 Å². The fourth-order valence-corrected chi connectivity index (χ4v) is 3.86. The highest BCUT2D eigenvalue weighted by atomic mass is 32.2. The molecule has 0 saturated heterocycles. The van der Waals surface area contributed by atoms with Crippen LogP contribution in [0.1, 0.15) is 11.8 Å². The highest BCUT2D eigenvalue weighted by Crippen LogP contribution is 2.16. The molecule has 3 N–H and O–H groups in total. The van der Waals surface area contributed by atoms with Crippen molar-refractivity contribution in [2.24, 2.45) is 0 Å². The van der Waals surface area contributed by atoms with Crippen LogP contribution in [0.15, 0.2) is 40.9 Å². The van der Waals surface area contributed by atoms with Gasteiger partial charge in [-0.3, -0.25) is 0 Å². The molecule has 0 spiro atoms. The summed E-state index contributed by atoms with van der Waals surface area (Å²) in [7, 11) is -3.67. The zero-order chi connectivity index (χ0) is 13.9. The van der Waals surface area contributed by atoms with Gasteiger partial charge in [-0.1, -0.05) is 6.07 Å². The molecular formula is C12H15N3O2S2. The molecule has 1 unspecified atom stereocenters. The molecule has 19 heavy (non-hydrogen) atoms. The zero-order valence-corrected chi connectivity index (χ0v) is 12.0. The van der Waals surface area contributed by atoms with Crippen molar-refractivity contribution in [3.05, 3.63) is 40.7 Å². The highest BCUT2D eigenvalue weighted by Gasteiger charge is 2.21. The number of rotatable bonds is 5. The minimum absolute atomic E-state index is 0.118. The Kier molecular flexibility index (Phi) is 4.18. The summed E-state index contributed by atoms with van der Waals surface area (Å²) in [5, 5.41) is 1.85. The van der Waals surface area contributed by atoms with Crippen molar-refractivity contribution >= 4 is 27.0 Å². The molecule has 0 aliphatic rings. The molecule has 0 saturated carbocycles. The van der Waals surface area contributed by atoms with E-state index in [1.54, 1.807) is 17.4 Å². The number of nitrogen functional groups attached to an aromatic ring is 1. The smallest absolute Gasteiger partial charge is 0.260 e. The minimum atomic E-state index is -3.67. The molecule has 2 aromatic rings. The first-order valence-electron chi connectivity index (χ1n) is 5.74. The average molecular weight is 297 g/mol. The Balaban J connectivity index is 2.11. The Labute approximate surface area is 116 Å². The van der Waals surface area contributed by atoms with E-state index in [1.807, 2.05) is 24.4 Å². The van der Waals surface area contributed by atoms with Crippen molar-refractivity contribution in [3.8, 4) is 0 Å². The van der Waals surface area contributed by atoms with Gasteiger partial charge in [0.05, 0.1) is 5.69 Å². The van der Waals surface area contributed by atoms with E-state index in [9.17, 15) is 8.42 Å². The minimum Gasteiger partial charge on any atom is -0.396 e. The maximum Gasteiger partial charge on any atom is 0.260 e. The predicted molar refractivity (Wildman–Crippen MR) is 76.5 cm³/mol. The van der Waals surface area contributed by atoms with E-state index < -0.39 is 10.0 Å². The molecule has 2 heterocycles. The van der Waals surface area contributed by atoms with Crippen molar-refractivity contribution in [2.45, 2.75) is 24.4 Å². The van der Waals surface area contributed by atoms with E-state index in [-0.39, 0.29) is 16.8 Å². The second-order valence-corrected chi connectivity index (χ2v) is 6.87. The summed E-state index contributed by atoms with van der Waals surface area (Å²) in [5.74, 6) is 0. The third kappa shape index (κ3) is 3.52. The van der Waals surface area contributed by atoms with E-state index >= 15 is 0 Å². The molecule has 0 aliphatic heterocycles. The predicted octanol–water partition coefficient (Wildman–Crippen LogP) is 1.63. The van der Waals surface area contributed by atoms with Gasteiger partial charge in [0.2, 0.25) is 0 Å². The first kappa shape index (κ1) is 14.0. The summed E-state index contributed by atoms with van der Waals surface area (Å²) in [6.07, 6.45) is 2.05. The SMILES string of the molecule is CC(Cc1cccs1)NS(=O)(=O)c1ncccc1N. The summed E-state index contributed by atoms with van der Waals surface area (Å²) in [6.45, 7) is 1.82. The van der Waals surface area contributed by atoms with Crippen LogP contribution in [-0.4, -0.2) is 19.4 Å². The van der Waals surface area contributed by atoms with Crippen molar-refractivity contribution < 1.29 is 8.42 Å². The molecule has 0 radical (unpaired) electrons. The van der Waals surface area contributed by atoms with Crippen molar-refractivity contribution in [1.82, 2.24) is 9.71 Å². The number of anilines is 1. The lowest BCUT2D eigenvalue weighted by Gasteiger charge is -2.13. The van der Waals surface area contributed by atoms with Crippen LogP contribution in [0.4, 0.5) is 5.69 Å². The first-order chi connectivity index (χ1) is 8.99. The van der Waals surface area contributed by atoms with Crippen LogP contribution in [0.2, 0.25) is 0 Å². The Hall–Kier alpha value is -1.44. The number of nitrogens with zero attached hydrogens (tertiary/aromatic N) is 1. The Morgan fingerprint density at radius 2 is 2.21 bits per heavy atom. The first-order valence-corrected chi connectivity index (χ1v) is 8.10. The molecule has 1 atom stereocenters. The van der Waals surface area contributed by atoms with E-state index in [1.165, 1.54) is 12.3 Å². The third-order valence-electron chi connectivity index (χ3n) is 2.50. The Bertz CT molecular complexity index is 639. The van der Waals surface area contributed by atoms with Crippen LogP contribution in [-0.2, 0) is 16.4 Å². The van der Waals surface area contributed by atoms with Gasteiger partial charge in [0.15, 0.2) is 5.03 Å². The van der Waals surface area contributed by atoms with Gasteiger partial charge in [-0.05, 0) is 36.9 Å². The summed E-state index contributed by atoms with van der Waals surface area (Å²) < 4.78 is 26.9. The monoisotopic (exact) mass is 297 g/mol. The number of hydrogen-bond donors (Lipinski definition) is 2. The highest BCUT2D eigenvalue weighted by molar-refractivity contribution is 7.89. The summed E-state index contributed by atoms with van der Waals surface area (Å²) in [5.41, 5.74) is 5.79. The molecule has 0 bridgehead atoms. The van der Waals surface area contributed by atoms with Crippen LogP contribution < -0.4 is 10.5 Å². The number of nitrogens with two attached hydrogens (primary N) is 1. The molecule has 0 amide bonds. The second kappa shape index (κ2) is 5.68. The van der Waals surface area contributed by atoms with E-state index in [2.05, 4.69) is 9.71 Å². The number of hydrogen-bond acceptors (Lipinski definition) is 5. The summed E-state index contributed by atoms with van der Waals surface area (Å²) in [6, 6.07) is 6.82. The van der Waals surface area contributed by atoms with Gasteiger partial charge in [0.1, 0.15) is 0 Å². The molecular weight excluding hydrogens is 282 g/mol. The number of thiophene rings is 1. The van der Waals surface area contributed by atoms with Crippen molar-refractivity contribution in [1.29, 1.82) is 0 Å². The van der Waals surface area contributed by atoms with Crippen LogP contribution in [0.25, 0.3) is 0 Å². The second-order valence-electron chi connectivity index (χ2n) is 4.20. The van der Waals surface area contributed by atoms with Gasteiger partial charge in [-0.15, -0.1) is 11.3 Å². The van der Waals surface area contributed by atoms with Gasteiger partial charge in [-0.2, -0.15) is 0 Å². The molecule has 7 heteroatoms. The van der Waals surface area contributed by atoms with Gasteiger partial charge in [0, 0.05) is 17.1 Å². The standard InChI is InChI=1S/C12H15N3O2S2/c1-9(8-10-4-3-7-18-10)15-19(16,17)12-11(13)5-2-6-14-12/h2-7,9,15H,8,13H2,1H3. The number of aromatic nitrogens is 1. The summed E-state index contributed by atoms with van der Waals surface area (Å²) >= 11 is 1.60. The van der Waals surface area contributed by atoms with E-state index in [0.717, 1.165) is 4.88 Å². The zero-order valence-electron chi connectivity index (χ0n) is 10.4. The molecule has 5 nitrogen and oxygen atoms in total. The molecule has 2 aromatic heterocycles. The fourth-order valence-electron chi connectivity index (χ4n) is 1.72. The van der Waals surface area contributed by atoms with Crippen LogP contribution >= 0.6 is 11.3 Å². The largest absolute Gasteiger partial charge is 0.396 e. The summed E-state index contributed by atoms with van der Waals surface area (Å²) in [4.78, 5) is 4.96. The quantitative estimate of drug-likeness (QED) is 0.878. The molecule has 0 aliphatic carbocycles. The van der Waals surface area contributed by atoms with E-state index in [0.29, 0.717) is 6.42 Å². The van der Waals surface area contributed by atoms with E-state index in [4.69, 9.17) is 5.73 Å². The number of nitrogens with one attached hydrogen (secondary N) is 1. The van der Waals surface area contributed by atoms with Crippen LogP contribution in [0.5, 0.6) is 0 Å². The lowest BCUT2D eigenvalue weighted by atomic mass is 10.2.